The average molecular weight is 425 g/mol. The van der Waals surface area contributed by atoms with Gasteiger partial charge in [-0.3, -0.25) is 0 Å². The third kappa shape index (κ3) is 3.68. The predicted octanol–water partition coefficient (Wildman–Crippen LogP) is 4.57. The first kappa shape index (κ1) is 21.5. The molecule has 2 aromatic carbocycles. The van der Waals surface area contributed by atoms with Gasteiger partial charge in [-0.25, -0.2) is 17.9 Å². The van der Waals surface area contributed by atoms with E-state index in [1.807, 2.05) is 12.1 Å². The summed E-state index contributed by atoms with van der Waals surface area (Å²) in [5.41, 5.74) is 3.05. The zero-order valence-electron chi connectivity index (χ0n) is 17.9. The molecule has 0 fully saturated rings. The molecule has 0 saturated carbocycles. The SMILES string of the molecule is [C-]#[N+]c1cc(OC)c(-n2nnc(S(=O)(=O)c3ccc(C(C)(C)C)cc3)c2C)cc1C. The molecule has 0 aliphatic rings. The molecule has 1 aromatic heterocycles. The third-order valence-electron chi connectivity index (χ3n) is 4.98. The maximum absolute atomic E-state index is 13.2. The molecule has 0 N–H and O–H groups in total. The molecule has 1 heterocycles. The maximum atomic E-state index is 13.2. The summed E-state index contributed by atoms with van der Waals surface area (Å²) in [5, 5.41) is 7.93. The standard InChI is InChI=1S/C22H24N4O3S/c1-14-12-19(20(29-7)13-18(14)23-6)26-15(2)21(24-25-26)30(27,28)17-10-8-16(9-11-17)22(3,4)5/h8-13H,1-5,7H3. The van der Waals surface area contributed by atoms with Gasteiger partial charge in [0.1, 0.15) is 11.4 Å². The zero-order valence-corrected chi connectivity index (χ0v) is 18.7. The van der Waals surface area contributed by atoms with Crippen molar-refractivity contribution in [3.05, 3.63) is 64.6 Å². The van der Waals surface area contributed by atoms with Crippen LogP contribution in [0.4, 0.5) is 5.69 Å². The molecule has 30 heavy (non-hydrogen) atoms. The van der Waals surface area contributed by atoms with Crippen LogP contribution in [-0.2, 0) is 15.3 Å². The predicted molar refractivity (Wildman–Crippen MR) is 114 cm³/mol. The Morgan fingerprint density at radius 3 is 2.27 bits per heavy atom. The third-order valence-corrected chi connectivity index (χ3v) is 6.76. The monoisotopic (exact) mass is 424 g/mol. The van der Waals surface area contributed by atoms with E-state index in [9.17, 15) is 8.42 Å². The van der Waals surface area contributed by atoms with E-state index in [0.29, 0.717) is 22.8 Å². The molecular weight excluding hydrogens is 400 g/mol. The van der Waals surface area contributed by atoms with Gasteiger partial charge in [-0.05, 0) is 54.7 Å². The van der Waals surface area contributed by atoms with E-state index in [2.05, 4.69) is 35.9 Å². The average Bonchev–Trinajstić information content (AvgIpc) is 3.09. The topological polar surface area (TPSA) is 78.4 Å². The van der Waals surface area contributed by atoms with E-state index >= 15 is 0 Å². The van der Waals surface area contributed by atoms with Gasteiger partial charge in [0, 0.05) is 0 Å². The number of aryl methyl sites for hydroxylation is 1. The van der Waals surface area contributed by atoms with Crippen LogP contribution in [0, 0.1) is 20.4 Å². The van der Waals surface area contributed by atoms with Crippen molar-refractivity contribution in [2.45, 2.75) is 50.0 Å². The summed E-state index contributed by atoms with van der Waals surface area (Å²) < 4.78 is 33.2. The molecule has 0 unspecified atom stereocenters. The van der Waals surface area contributed by atoms with Crippen LogP contribution in [-0.4, -0.2) is 30.5 Å². The summed E-state index contributed by atoms with van der Waals surface area (Å²) in [4.78, 5) is 3.64. The number of nitrogens with zero attached hydrogens (tertiary/aromatic N) is 4. The lowest BCUT2D eigenvalue weighted by molar-refractivity contribution is 0.411. The number of hydrogen-bond donors (Lipinski definition) is 0. The number of methoxy groups -OCH3 is 1. The Morgan fingerprint density at radius 1 is 1.10 bits per heavy atom. The first-order valence-electron chi connectivity index (χ1n) is 9.35. The normalized spacial score (nSPS) is 11.9. The van der Waals surface area contributed by atoms with Crippen molar-refractivity contribution in [2.24, 2.45) is 0 Å². The van der Waals surface area contributed by atoms with Gasteiger partial charge >= 0.3 is 0 Å². The van der Waals surface area contributed by atoms with Crippen molar-refractivity contribution in [1.29, 1.82) is 0 Å². The van der Waals surface area contributed by atoms with Crippen LogP contribution in [0.25, 0.3) is 10.5 Å². The van der Waals surface area contributed by atoms with Crippen LogP contribution >= 0.6 is 0 Å². The van der Waals surface area contributed by atoms with E-state index in [1.165, 1.54) is 11.8 Å². The molecule has 8 heteroatoms. The second kappa shape index (κ2) is 7.58. The first-order valence-corrected chi connectivity index (χ1v) is 10.8. The number of rotatable bonds is 4. The van der Waals surface area contributed by atoms with Crippen LogP contribution in [0.5, 0.6) is 5.75 Å². The molecule has 0 aliphatic heterocycles. The molecule has 0 amide bonds. The van der Waals surface area contributed by atoms with Crippen molar-refractivity contribution in [3.63, 3.8) is 0 Å². The molecular formula is C22H24N4O3S. The Bertz CT molecular complexity index is 1250. The summed E-state index contributed by atoms with van der Waals surface area (Å²) in [6.45, 7) is 16.9. The molecule has 7 nitrogen and oxygen atoms in total. The molecule has 3 aromatic rings. The van der Waals surface area contributed by atoms with Crippen LogP contribution in [0.15, 0.2) is 46.3 Å². The van der Waals surface area contributed by atoms with Crippen molar-refractivity contribution >= 4 is 15.5 Å². The largest absolute Gasteiger partial charge is 0.496 e. The van der Waals surface area contributed by atoms with Gasteiger partial charge in [0.25, 0.3) is 0 Å². The van der Waals surface area contributed by atoms with E-state index in [0.717, 1.165) is 11.1 Å². The van der Waals surface area contributed by atoms with Gasteiger partial charge in [-0.1, -0.05) is 38.1 Å². The molecule has 0 saturated heterocycles. The van der Waals surface area contributed by atoms with Crippen LogP contribution in [0.1, 0.15) is 37.6 Å². The first-order chi connectivity index (χ1) is 14.0. The van der Waals surface area contributed by atoms with Gasteiger partial charge in [0.05, 0.1) is 24.3 Å². The smallest absolute Gasteiger partial charge is 0.227 e. The minimum absolute atomic E-state index is 0.0761. The quantitative estimate of drug-likeness (QED) is 0.573. The zero-order chi connectivity index (χ0) is 22.3. The molecule has 0 radical (unpaired) electrons. The Balaban J connectivity index is 2.10. The highest BCUT2D eigenvalue weighted by atomic mass is 32.2. The summed E-state index contributed by atoms with van der Waals surface area (Å²) in [6, 6.07) is 10.2. The van der Waals surface area contributed by atoms with Gasteiger partial charge in [0.2, 0.25) is 14.9 Å². The number of hydrogen-bond acceptors (Lipinski definition) is 5. The fraction of sp³-hybridized carbons (Fsp3) is 0.318. The van der Waals surface area contributed by atoms with Gasteiger partial charge < -0.3 is 4.74 Å². The van der Waals surface area contributed by atoms with Crippen LogP contribution in [0.2, 0.25) is 0 Å². The highest BCUT2D eigenvalue weighted by Crippen LogP contribution is 2.33. The Morgan fingerprint density at radius 2 is 1.73 bits per heavy atom. The van der Waals surface area contributed by atoms with E-state index in [-0.39, 0.29) is 15.3 Å². The minimum Gasteiger partial charge on any atom is -0.496 e. The maximum Gasteiger partial charge on any atom is 0.227 e. The van der Waals surface area contributed by atoms with Crippen LogP contribution < -0.4 is 4.74 Å². The van der Waals surface area contributed by atoms with E-state index in [4.69, 9.17) is 11.3 Å². The summed E-state index contributed by atoms with van der Waals surface area (Å²) in [5.74, 6) is 0.415. The number of benzene rings is 2. The van der Waals surface area contributed by atoms with Gasteiger partial charge in [-0.15, -0.1) is 5.10 Å². The van der Waals surface area contributed by atoms with Crippen LogP contribution in [0.3, 0.4) is 0 Å². The Labute approximate surface area is 177 Å². The summed E-state index contributed by atoms with van der Waals surface area (Å²) in [6.07, 6.45) is 0. The van der Waals surface area contributed by atoms with Crippen molar-refractivity contribution in [2.75, 3.05) is 7.11 Å². The lowest BCUT2D eigenvalue weighted by Crippen LogP contribution is -2.12. The summed E-state index contributed by atoms with van der Waals surface area (Å²) >= 11 is 0. The summed E-state index contributed by atoms with van der Waals surface area (Å²) in [7, 11) is -2.36. The molecule has 0 atom stereocenters. The van der Waals surface area contributed by atoms with Gasteiger partial charge in [-0.2, -0.15) is 0 Å². The van der Waals surface area contributed by atoms with Crippen molar-refractivity contribution in [1.82, 2.24) is 15.0 Å². The Kier molecular flexibility index (Phi) is 5.44. The second-order valence-corrected chi connectivity index (χ2v) is 9.96. The lowest BCUT2D eigenvalue weighted by Gasteiger charge is -2.19. The number of ether oxygens (including phenoxy) is 1. The molecule has 0 aliphatic carbocycles. The fourth-order valence-electron chi connectivity index (χ4n) is 3.15. The van der Waals surface area contributed by atoms with E-state index < -0.39 is 9.84 Å². The highest BCUT2D eigenvalue weighted by molar-refractivity contribution is 7.91. The number of sulfone groups is 1. The van der Waals surface area contributed by atoms with E-state index in [1.54, 1.807) is 38.1 Å². The molecule has 156 valence electrons. The second-order valence-electron chi connectivity index (χ2n) is 8.09. The Hall–Kier alpha value is -3.18. The number of aromatic nitrogens is 3. The molecule has 0 spiro atoms. The van der Waals surface area contributed by atoms with Gasteiger partial charge in [0.15, 0.2) is 5.69 Å². The molecule has 0 bridgehead atoms. The fourth-order valence-corrected chi connectivity index (χ4v) is 4.49. The van der Waals surface area contributed by atoms with Crippen molar-refractivity contribution in [3.8, 4) is 11.4 Å². The lowest BCUT2D eigenvalue weighted by atomic mass is 9.87. The van der Waals surface area contributed by atoms with Crippen molar-refractivity contribution < 1.29 is 13.2 Å². The minimum atomic E-state index is -3.85. The highest BCUT2D eigenvalue weighted by Gasteiger charge is 2.27. The molecule has 3 rings (SSSR count).